The average molecular weight is 271 g/mol. The maximum absolute atomic E-state index is 4.28. The van der Waals surface area contributed by atoms with E-state index in [1.54, 1.807) is 0 Å². The lowest BCUT2D eigenvalue weighted by Gasteiger charge is -1.99. The van der Waals surface area contributed by atoms with Crippen LogP contribution >= 0.6 is 0 Å². The van der Waals surface area contributed by atoms with Gasteiger partial charge in [-0.25, -0.2) is 0 Å². The van der Waals surface area contributed by atoms with E-state index in [0.717, 1.165) is 23.3 Å². The molecule has 1 rings (SSSR count). The van der Waals surface area contributed by atoms with Crippen LogP contribution in [-0.2, 0) is 6.42 Å². The van der Waals surface area contributed by atoms with Crippen molar-refractivity contribution in [3.05, 3.63) is 54.0 Å². The molecule has 0 aliphatic heterocycles. The number of aryl methyl sites for hydroxylation is 1. The first-order valence-electron chi connectivity index (χ1n) is 7.40. The smallest absolute Gasteiger partial charge is 0.0401 e. The number of allylic oxidation sites excluding steroid dienone is 3. The van der Waals surface area contributed by atoms with E-state index in [4.69, 9.17) is 0 Å². The van der Waals surface area contributed by atoms with E-state index in [1.807, 2.05) is 19.2 Å². The molecule has 110 valence electrons. The van der Waals surface area contributed by atoms with Gasteiger partial charge in [0.15, 0.2) is 0 Å². The number of hydrogen-bond donors (Lipinski definition) is 0. The van der Waals surface area contributed by atoms with Crippen LogP contribution in [-0.4, -0.2) is 4.98 Å². The Labute approximate surface area is 125 Å². The minimum atomic E-state index is 0.706. The monoisotopic (exact) mass is 271 g/mol. The van der Waals surface area contributed by atoms with E-state index in [2.05, 4.69) is 70.1 Å². The van der Waals surface area contributed by atoms with Gasteiger partial charge in [0.1, 0.15) is 0 Å². The van der Waals surface area contributed by atoms with Crippen molar-refractivity contribution in [2.45, 2.75) is 48.0 Å². The topological polar surface area (TPSA) is 12.9 Å². The molecule has 1 heteroatoms. The van der Waals surface area contributed by atoms with Gasteiger partial charge in [-0.1, -0.05) is 59.4 Å². The Bertz CT molecular complexity index is 433. The van der Waals surface area contributed by atoms with Crippen molar-refractivity contribution in [1.29, 1.82) is 0 Å². The zero-order valence-corrected chi connectivity index (χ0v) is 13.9. The van der Waals surface area contributed by atoms with Crippen LogP contribution in [0.4, 0.5) is 0 Å². The van der Waals surface area contributed by atoms with E-state index in [0.29, 0.717) is 11.8 Å². The largest absolute Gasteiger partial charge is 0.261 e. The fraction of sp³-hybridized carbons (Fsp3) is 0.474. The van der Waals surface area contributed by atoms with Gasteiger partial charge in [0.25, 0.3) is 0 Å². The Morgan fingerprint density at radius 3 is 2.05 bits per heavy atom. The summed E-state index contributed by atoms with van der Waals surface area (Å²) in [5.41, 5.74) is 6.11. The minimum absolute atomic E-state index is 0.706. The lowest BCUT2D eigenvalue weighted by Crippen LogP contribution is -1.87. The van der Waals surface area contributed by atoms with Crippen molar-refractivity contribution in [1.82, 2.24) is 4.98 Å². The molecule has 0 amide bonds. The maximum atomic E-state index is 4.28. The fourth-order valence-electron chi connectivity index (χ4n) is 1.40. The molecule has 20 heavy (non-hydrogen) atoms. The molecule has 0 radical (unpaired) electrons. The molecule has 0 atom stereocenters. The van der Waals surface area contributed by atoms with Crippen LogP contribution in [0.2, 0.25) is 0 Å². The van der Waals surface area contributed by atoms with E-state index in [-0.39, 0.29) is 0 Å². The molecule has 0 saturated heterocycles. The van der Waals surface area contributed by atoms with Gasteiger partial charge in [-0.15, -0.1) is 5.73 Å². The van der Waals surface area contributed by atoms with Gasteiger partial charge in [-0.3, -0.25) is 4.98 Å². The highest BCUT2D eigenvalue weighted by Crippen LogP contribution is 2.10. The summed E-state index contributed by atoms with van der Waals surface area (Å²) in [6, 6.07) is 4.09. The SMILES string of the molecule is C=C=C(C)c1ccc(CC)nc1.CC(C)/C=C\C(C)C. The third-order valence-electron chi connectivity index (χ3n) is 2.77. The zero-order valence-electron chi connectivity index (χ0n) is 13.9. The van der Waals surface area contributed by atoms with Crippen molar-refractivity contribution in [3.8, 4) is 0 Å². The van der Waals surface area contributed by atoms with Gasteiger partial charge < -0.3 is 0 Å². The number of aromatic nitrogens is 1. The number of nitrogens with zero attached hydrogens (tertiary/aromatic N) is 1. The van der Waals surface area contributed by atoms with Crippen LogP contribution in [0.1, 0.15) is 52.8 Å². The summed E-state index contributed by atoms with van der Waals surface area (Å²) in [4.78, 5) is 4.28. The Morgan fingerprint density at radius 2 is 1.75 bits per heavy atom. The fourth-order valence-corrected chi connectivity index (χ4v) is 1.40. The minimum Gasteiger partial charge on any atom is -0.261 e. The molecule has 0 fully saturated rings. The molecule has 0 aliphatic rings. The molecule has 0 aliphatic carbocycles. The second-order valence-electron chi connectivity index (χ2n) is 5.57. The van der Waals surface area contributed by atoms with Crippen LogP contribution in [0.25, 0.3) is 5.57 Å². The molecule has 1 aromatic heterocycles. The molecule has 1 aromatic rings. The predicted octanol–water partition coefficient (Wildman–Crippen LogP) is 5.69. The molecular formula is C19H29N. The molecule has 1 nitrogen and oxygen atoms in total. The lowest BCUT2D eigenvalue weighted by molar-refractivity contribution is 0.780. The third-order valence-corrected chi connectivity index (χ3v) is 2.77. The second kappa shape index (κ2) is 10.2. The summed E-state index contributed by atoms with van der Waals surface area (Å²) in [6.07, 6.45) is 7.33. The molecule has 0 N–H and O–H groups in total. The van der Waals surface area contributed by atoms with Gasteiger partial charge in [0, 0.05) is 17.5 Å². The molecule has 1 heterocycles. The molecule has 0 unspecified atom stereocenters. The molecule has 0 spiro atoms. The van der Waals surface area contributed by atoms with E-state index in [9.17, 15) is 0 Å². The van der Waals surface area contributed by atoms with Gasteiger partial charge in [-0.2, -0.15) is 0 Å². The first kappa shape index (κ1) is 18.4. The first-order valence-corrected chi connectivity index (χ1v) is 7.40. The standard InChI is InChI=1S/C11H13N.C8H16/c1-4-9(3)10-6-7-11(5-2)12-8-10;1-7(2)5-6-8(3)4/h6-8H,1,5H2,2-3H3;5-8H,1-4H3/b;6-5-. The van der Waals surface area contributed by atoms with Crippen LogP contribution in [0, 0.1) is 11.8 Å². The van der Waals surface area contributed by atoms with E-state index in [1.165, 1.54) is 0 Å². The second-order valence-corrected chi connectivity index (χ2v) is 5.57. The normalized spacial score (nSPS) is 10.4. The van der Waals surface area contributed by atoms with E-state index < -0.39 is 0 Å². The quantitative estimate of drug-likeness (QED) is 0.506. The van der Waals surface area contributed by atoms with Crippen LogP contribution in [0.15, 0.2) is 42.8 Å². The van der Waals surface area contributed by atoms with Crippen molar-refractivity contribution in [2.24, 2.45) is 11.8 Å². The van der Waals surface area contributed by atoms with Gasteiger partial charge >= 0.3 is 0 Å². The van der Waals surface area contributed by atoms with Crippen LogP contribution in [0.5, 0.6) is 0 Å². The van der Waals surface area contributed by atoms with Gasteiger partial charge in [0.2, 0.25) is 0 Å². The summed E-state index contributed by atoms with van der Waals surface area (Å²) in [5.74, 6) is 1.41. The summed E-state index contributed by atoms with van der Waals surface area (Å²) >= 11 is 0. The highest BCUT2D eigenvalue weighted by atomic mass is 14.7. The summed E-state index contributed by atoms with van der Waals surface area (Å²) in [5, 5.41) is 0. The number of rotatable bonds is 4. The Morgan fingerprint density at radius 1 is 1.20 bits per heavy atom. The highest BCUT2D eigenvalue weighted by Gasteiger charge is 1.94. The van der Waals surface area contributed by atoms with Crippen molar-refractivity contribution < 1.29 is 0 Å². The lowest BCUT2D eigenvalue weighted by atomic mass is 10.1. The molecule has 0 aromatic carbocycles. The number of hydrogen-bond acceptors (Lipinski definition) is 1. The summed E-state index contributed by atoms with van der Waals surface area (Å²) < 4.78 is 0. The summed E-state index contributed by atoms with van der Waals surface area (Å²) in [6.45, 7) is 16.4. The Balaban J connectivity index is 0.000000396. The van der Waals surface area contributed by atoms with Crippen LogP contribution in [0.3, 0.4) is 0 Å². The van der Waals surface area contributed by atoms with Crippen molar-refractivity contribution in [3.63, 3.8) is 0 Å². The predicted molar refractivity (Wildman–Crippen MR) is 90.7 cm³/mol. The Kier molecular flexibility index (Phi) is 9.41. The Hall–Kier alpha value is -1.59. The van der Waals surface area contributed by atoms with Crippen molar-refractivity contribution >= 4 is 5.57 Å². The van der Waals surface area contributed by atoms with E-state index >= 15 is 0 Å². The molecular weight excluding hydrogens is 242 g/mol. The third kappa shape index (κ3) is 8.50. The zero-order chi connectivity index (χ0) is 15.5. The van der Waals surface area contributed by atoms with Gasteiger partial charge in [-0.05, 0) is 36.8 Å². The highest BCUT2D eigenvalue weighted by molar-refractivity contribution is 5.61. The van der Waals surface area contributed by atoms with Crippen molar-refractivity contribution in [2.75, 3.05) is 0 Å². The number of pyridine rings is 1. The molecule has 0 saturated carbocycles. The van der Waals surface area contributed by atoms with Crippen LogP contribution < -0.4 is 0 Å². The maximum Gasteiger partial charge on any atom is 0.0401 e. The summed E-state index contributed by atoms with van der Waals surface area (Å²) in [7, 11) is 0. The van der Waals surface area contributed by atoms with Gasteiger partial charge in [0.05, 0.1) is 0 Å². The first-order chi connectivity index (χ1) is 9.40. The average Bonchev–Trinajstić information content (AvgIpc) is 2.45. The molecule has 0 bridgehead atoms.